The number of carbonyl (C=O) groups is 2. The molecule has 7 heteroatoms. The zero-order chi connectivity index (χ0) is 19.3. The number of amides is 2. The Morgan fingerprint density at radius 3 is 2.35 bits per heavy atom. The Balaban J connectivity index is 1.97. The maximum absolute atomic E-state index is 12.2. The van der Waals surface area contributed by atoms with E-state index in [4.69, 9.17) is 4.74 Å². The van der Waals surface area contributed by atoms with Crippen molar-refractivity contribution in [2.45, 2.75) is 20.8 Å². The molecule has 5 nitrogen and oxygen atoms in total. The summed E-state index contributed by atoms with van der Waals surface area (Å²) in [5.74, 6) is 0.148. The Hall–Kier alpha value is -1.86. The summed E-state index contributed by atoms with van der Waals surface area (Å²) in [4.78, 5) is 23.9. The van der Waals surface area contributed by atoms with E-state index in [0.717, 1.165) is 14.5 Å². The van der Waals surface area contributed by atoms with Crippen molar-refractivity contribution in [2.24, 2.45) is 5.92 Å². The molecule has 0 spiro atoms. The van der Waals surface area contributed by atoms with Gasteiger partial charge < -0.3 is 15.4 Å². The van der Waals surface area contributed by atoms with Gasteiger partial charge in [-0.1, -0.05) is 35.8 Å². The van der Waals surface area contributed by atoms with Gasteiger partial charge in [0.15, 0.2) is 6.61 Å². The summed E-state index contributed by atoms with van der Waals surface area (Å²) >= 11 is 6.84. The van der Waals surface area contributed by atoms with Crippen molar-refractivity contribution in [1.29, 1.82) is 0 Å². The van der Waals surface area contributed by atoms with Gasteiger partial charge in [0.05, 0.1) is 4.47 Å². The first-order valence-electron chi connectivity index (χ1n) is 8.05. The van der Waals surface area contributed by atoms with Crippen LogP contribution in [0.5, 0.6) is 5.75 Å². The summed E-state index contributed by atoms with van der Waals surface area (Å²) in [6.45, 7) is 5.42. The van der Waals surface area contributed by atoms with Crippen molar-refractivity contribution in [2.75, 3.05) is 17.2 Å². The number of hydrogen-bond donors (Lipinski definition) is 2. The van der Waals surface area contributed by atoms with Crippen LogP contribution in [0.25, 0.3) is 0 Å². The van der Waals surface area contributed by atoms with E-state index in [-0.39, 0.29) is 24.3 Å². The molecule has 0 aliphatic carbocycles. The van der Waals surface area contributed by atoms with Crippen molar-refractivity contribution >= 4 is 55.0 Å². The molecule has 2 N–H and O–H groups in total. The van der Waals surface area contributed by atoms with E-state index in [1.165, 1.54) is 0 Å². The van der Waals surface area contributed by atoms with E-state index in [1.807, 2.05) is 32.9 Å². The number of anilines is 2. The Morgan fingerprint density at radius 1 is 1.08 bits per heavy atom. The van der Waals surface area contributed by atoms with Crippen LogP contribution in [-0.2, 0) is 9.59 Å². The minimum Gasteiger partial charge on any atom is -0.482 e. The van der Waals surface area contributed by atoms with Crippen LogP contribution in [0.1, 0.15) is 19.4 Å². The Bertz CT molecular complexity index is 799. The van der Waals surface area contributed by atoms with Gasteiger partial charge in [-0.3, -0.25) is 9.59 Å². The number of ether oxygens (including phenoxy) is 1. The van der Waals surface area contributed by atoms with Gasteiger partial charge in [0, 0.05) is 21.8 Å². The second-order valence-electron chi connectivity index (χ2n) is 6.10. The lowest BCUT2D eigenvalue weighted by Gasteiger charge is -2.13. The molecule has 0 saturated heterocycles. The van der Waals surface area contributed by atoms with Gasteiger partial charge in [0.2, 0.25) is 5.91 Å². The molecule has 0 aromatic heterocycles. The second-order valence-corrected chi connectivity index (χ2v) is 7.87. The number of benzene rings is 2. The van der Waals surface area contributed by atoms with Crippen molar-refractivity contribution in [3.05, 3.63) is 50.9 Å². The summed E-state index contributed by atoms with van der Waals surface area (Å²) in [5.41, 5.74) is 2.14. The minimum atomic E-state index is -0.286. The first kappa shape index (κ1) is 20.5. The van der Waals surface area contributed by atoms with E-state index in [2.05, 4.69) is 42.5 Å². The summed E-state index contributed by atoms with van der Waals surface area (Å²) in [5, 5.41) is 5.57. The number of carbonyl (C=O) groups excluding carboxylic acids is 2. The average molecular weight is 484 g/mol. The molecule has 2 amide bonds. The van der Waals surface area contributed by atoms with E-state index in [9.17, 15) is 9.59 Å². The van der Waals surface area contributed by atoms with E-state index in [1.54, 1.807) is 24.3 Å². The van der Waals surface area contributed by atoms with Crippen LogP contribution >= 0.6 is 31.9 Å². The fourth-order valence-electron chi connectivity index (χ4n) is 2.17. The molecule has 26 heavy (non-hydrogen) atoms. The highest BCUT2D eigenvalue weighted by molar-refractivity contribution is 9.11. The largest absolute Gasteiger partial charge is 0.482 e. The molecule has 0 fully saturated rings. The van der Waals surface area contributed by atoms with Crippen molar-refractivity contribution in [3.8, 4) is 5.75 Å². The topological polar surface area (TPSA) is 67.4 Å². The van der Waals surface area contributed by atoms with Gasteiger partial charge in [0.1, 0.15) is 5.75 Å². The molecule has 0 bridgehead atoms. The van der Waals surface area contributed by atoms with Crippen LogP contribution in [0.2, 0.25) is 0 Å². The lowest BCUT2D eigenvalue weighted by molar-refractivity contribution is -0.119. The van der Waals surface area contributed by atoms with Crippen molar-refractivity contribution in [3.63, 3.8) is 0 Å². The van der Waals surface area contributed by atoms with Crippen molar-refractivity contribution in [1.82, 2.24) is 0 Å². The molecular formula is C19H20Br2N2O3. The fraction of sp³-hybridized carbons (Fsp3) is 0.263. The maximum Gasteiger partial charge on any atom is 0.262 e. The molecule has 2 aromatic carbocycles. The molecule has 0 aliphatic heterocycles. The zero-order valence-corrected chi connectivity index (χ0v) is 17.9. The average Bonchev–Trinajstić information content (AvgIpc) is 2.54. The van der Waals surface area contributed by atoms with Crippen LogP contribution in [0.4, 0.5) is 11.4 Å². The quantitative estimate of drug-likeness (QED) is 0.598. The maximum atomic E-state index is 12.2. The van der Waals surface area contributed by atoms with E-state index >= 15 is 0 Å². The Morgan fingerprint density at radius 2 is 1.73 bits per heavy atom. The highest BCUT2D eigenvalue weighted by atomic mass is 79.9. The molecule has 0 aliphatic rings. The third-order valence-corrected chi connectivity index (χ3v) is 4.53. The van der Waals surface area contributed by atoms with E-state index < -0.39 is 0 Å². The van der Waals surface area contributed by atoms with Crippen LogP contribution in [0, 0.1) is 12.8 Å². The highest BCUT2D eigenvalue weighted by Gasteiger charge is 2.11. The van der Waals surface area contributed by atoms with Gasteiger partial charge in [-0.05, 0) is 58.7 Å². The number of rotatable bonds is 6. The van der Waals surface area contributed by atoms with Gasteiger partial charge in [-0.25, -0.2) is 0 Å². The molecule has 0 heterocycles. The first-order chi connectivity index (χ1) is 12.3. The fourth-order valence-corrected chi connectivity index (χ4v) is 3.72. The summed E-state index contributed by atoms with van der Waals surface area (Å²) < 4.78 is 7.34. The third-order valence-electron chi connectivity index (χ3n) is 3.48. The predicted molar refractivity (Wildman–Crippen MR) is 111 cm³/mol. The summed E-state index contributed by atoms with van der Waals surface area (Å²) in [7, 11) is 0. The highest BCUT2D eigenvalue weighted by Crippen LogP contribution is 2.32. The molecule has 0 saturated carbocycles. The van der Waals surface area contributed by atoms with Crippen LogP contribution in [-0.4, -0.2) is 18.4 Å². The first-order valence-corrected chi connectivity index (χ1v) is 9.64. The second kappa shape index (κ2) is 9.19. The molecule has 2 aromatic rings. The summed E-state index contributed by atoms with van der Waals surface area (Å²) in [6, 6.07) is 10.8. The van der Waals surface area contributed by atoms with Gasteiger partial charge in [0.25, 0.3) is 5.91 Å². The van der Waals surface area contributed by atoms with E-state index in [0.29, 0.717) is 17.1 Å². The molecule has 0 atom stereocenters. The van der Waals surface area contributed by atoms with Crippen LogP contribution < -0.4 is 15.4 Å². The van der Waals surface area contributed by atoms with Gasteiger partial charge in [-0.2, -0.15) is 0 Å². The zero-order valence-electron chi connectivity index (χ0n) is 14.7. The van der Waals surface area contributed by atoms with Crippen LogP contribution in [0.3, 0.4) is 0 Å². The monoisotopic (exact) mass is 482 g/mol. The van der Waals surface area contributed by atoms with Gasteiger partial charge >= 0.3 is 0 Å². The number of halogens is 2. The third kappa shape index (κ3) is 5.85. The standard InChI is InChI=1S/C19H20Br2N2O3/c1-11(2)19(25)23-15-6-4-5-14(9-15)22-17(24)10-26-18-12(3)7-13(20)8-16(18)21/h4-9,11H,10H2,1-3H3,(H,22,24)(H,23,25). The smallest absolute Gasteiger partial charge is 0.262 e. The van der Waals surface area contributed by atoms with Crippen molar-refractivity contribution < 1.29 is 14.3 Å². The number of aryl methyl sites for hydroxylation is 1. The lowest BCUT2D eigenvalue weighted by Crippen LogP contribution is -2.21. The lowest BCUT2D eigenvalue weighted by atomic mass is 10.2. The normalized spacial score (nSPS) is 10.5. The van der Waals surface area contributed by atoms with Gasteiger partial charge in [-0.15, -0.1) is 0 Å². The molecule has 0 radical (unpaired) electrons. The minimum absolute atomic E-state index is 0.0765. The Labute approximate surface area is 169 Å². The Kier molecular flexibility index (Phi) is 7.23. The summed E-state index contributed by atoms with van der Waals surface area (Å²) in [6.07, 6.45) is 0. The predicted octanol–water partition coefficient (Wildman–Crippen LogP) is 5.13. The number of nitrogens with one attached hydrogen (secondary N) is 2. The molecule has 138 valence electrons. The molecular weight excluding hydrogens is 464 g/mol. The SMILES string of the molecule is Cc1cc(Br)cc(Br)c1OCC(=O)Nc1cccc(NC(=O)C(C)C)c1. The molecule has 0 unspecified atom stereocenters. The van der Waals surface area contributed by atoms with Crippen LogP contribution in [0.15, 0.2) is 45.3 Å². The molecule has 2 rings (SSSR count). The number of hydrogen-bond acceptors (Lipinski definition) is 3.